The molecule has 1 aliphatic carbocycles. The van der Waals surface area contributed by atoms with Gasteiger partial charge in [-0.1, -0.05) is 6.07 Å². The number of benzene rings is 2. The topological polar surface area (TPSA) is 76.7 Å². The molecular weight excluding hydrogens is 491 g/mol. The summed E-state index contributed by atoms with van der Waals surface area (Å²) in [6, 6.07) is 15.0. The second-order valence-electron chi connectivity index (χ2n) is 9.10. The van der Waals surface area contributed by atoms with Gasteiger partial charge in [-0.15, -0.1) is 11.3 Å². The van der Waals surface area contributed by atoms with Gasteiger partial charge in [0.05, 0.1) is 20.1 Å². The quantitative estimate of drug-likeness (QED) is 0.425. The van der Waals surface area contributed by atoms with Gasteiger partial charge >= 0.3 is 0 Å². The average molecular weight is 519 g/mol. The van der Waals surface area contributed by atoms with Crippen molar-refractivity contribution in [1.82, 2.24) is 5.32 Å². The molecule has 0 unspecified atom stereocenters. The van der Waals surface area contributed by atoms with Crippen LogP contribution in [0, 0.1) is 5.82 Å². The van der Waals surface area contributed by atoms with Crippen LogP contribution in [0.2, 0.25) is 0 Å². The third-order valence-electron chi connectivity index (χ3n) is 6.87. The minimum atomic E-state index is -0.668. The van der Waals surface area contributed by atoms with E-state index in [-0.39, 0.29) is 17.6 Å². The van der Waals surface area contributed by atoms with Crippen molar-refractivity contribution in [3.05, 3.63) is 98.8 Å². The zero-order valence-electron chi connectivity index (χ0n) is 20.8. The molecular formula is C29H27FN2O4S. The van der Waals surface area contributed by atoms with E-state index in [1.54, 1.807) is 37.7 Å². The van der Waals surface area contributed by atoms with Gasteiger partial charge in [0.2, 0.25) is 0 Å². The van der Waals surface area contributed by atoms with Gasteiger partial charge in [-0.3, -0.25) is 9.59 Å². The Hall–Kier alpha value is -3.91. The Balaban J connectivity index is 1.62. The standard InChI is InChI=1S/C29H27FN2O4S/c1-16-26(29(34)32-19-8-6-18(30)7-9-19)27(21-15-20(35-2)10-11-24(21)36-3)28-22(31-16)13-17(14-23(28)33)25-5-4-12-37-25/h4-12,15,17,27,31H,13-14H2,1-3H3,(H,32,34)/t17-,27-/m0/s1. The second kappa shape index (κ2) is 10.2. The Morgan fingerprint density at radius 2 is 1.86 bits per heavy atom. The number of carbonyl (C=O) groups excluding carboxylic acids is 2. The number of thiophene rings is 1. The predicted molar refractivity (Wildman–Crippen MR) is 141 cm³/mol. The monoisotopic (exact) mass is 518 g/mol. The van der Waals surface area contributed by atoms with Gasteiger partial charge in [0, 0.05) is 51.0 Å². The number of hydrogen-bond donors (Lipinski definition) is 2. The van der Waals surface area contributed by atoms with Crippen molar-refractivity contribution in [2.24, 2.45) is 0 Å². The van der Waals surface area contributed by atoms with Gasteiger partial charge < -0.3 is 20.1 Å². The maximum absolute atomic E-state index is 13.8. The molecule has 2 aromatic carbocycles. The highest BCUT2D eigenvalue weighted by molar-refractivity contribution is 7.10. The molecule has 0 saturated carbocycles. The lowest BCUT2D eigenvalue weighted by molar-refractivity contribution is -0.116. The Morgan fingerprint density at radius 1 is 1.08 bits per heavy atom. The molecule has 1 amide bonds. The molecule has 3 aromatic rings. The van der Waals surface area contributed by atoms with Crippen LogP contribution in [0.25, 0.3) is 0 Å². The summed E-state index contributed by atoms with van der Waals surface area (Å²) in [6.45, 7) is 1.84. The van der Waals surface area contributed by atoms with E-state index in [0.29, 0.717) is 52.4 Å². The summed E-state index contributed by atoms with van der Waals surface area (Å²) in [5.41, 5.74) is 3.55. The van der Waals surface area contributed by atoms with E-state index >= 15 is 0 Å². The molecule has 0 bridgehead atoms. The molecule has 0 fully saturated rings. The van der Waals surface area contributed by atoms with Crippen LogP contribution in [0.4, 0.5) is 10.1 Å². The van der Waals surface area contributed by atoms with Gasteiger partial charge in [0.25, 0.3) is 5.91 Å². The van der Waals surface area contributed by atoms with Gasteiger partial charge in [0.15, 0.2) is 5.78 Å². The van der Waals surface area contributed by atoms with Crippen LogP contribution in [0.1, 0.15) is 42.0 Å². The second-order valence-corrected chi connectivity index (χ2v) is 10.1. The van der Waals surface area contributed by atoms with E-state index < -0.39 is 11.7 Å². The number of ether oxygens (including phenoxy) is 2. The zero-order valence-corrected chi connectivity index (χ0v) is 21.6. The predicted octanol–water partition coefficient (Wildman–Crippen LogP) is 5.90. The lowest BCUT2D eigenvalue weighted by Gasteiger charge is -2.37. The molecule has 2 heterocycles. The lowest BCUT2D eigenvalue weighted by atomic mass is 9.72. The first-order valence-electron chi connectivity index (χ1n) is 12.0. The minimum absolute atomic E-state index is 0.0124. The molecule has 37 heavy (non-hydrogen) atoms. The molecule has 5 rings (SSSR count). The number of nitrogens with one attached hydrogen (secondary N) is 2. The van der Waals surface area contributed by atoms with Crippen LogP contribution < -0.4 is 20.1 Å². The molecule has 2 N–H and O–H groups in total. The SMILES string of the molecule is COc1ccc(OC)c([C@H]2C(C(=O)Nc3ccc(F)cc3)=C(C)NC3=C2C(=O)C[C@@H](c2cccs2)C3)c1. The lowest BCUT2D eigenvalue weighted by Crippen LogP contribution is -2.37. The van der Waals surface area contributed by atoms with E-state index in [4.69, 9.17) is 9.47 Å². The Bertz CT molecular complexity index is 1410. The van der Waals surface area contributed by atoms with E-state index in [9.17, 15) is 14.0 Å². The number of dihydropyridines is 1. The summed E-state index contributed by atoms with van der Waals surface area (Å²) >= 11 is 1.65. The number of allylic oxidation sites excluding steroid dienone is 3. The number of halogens is 1. The highest BCUT2D eigenvalue weighted by Crippen LogP contribution is 2.48. The summed E-state index contributed by atoms with van der Waals surface area (Å²) in [4.78, 5) is 28.7. The molecule has 190 valence electrons. The number of anilines is 1. The van der Waals surface area contributed by atoms with Crippen molar-refractivity contribution in [3.63, 3.8) is 0 Å². The Kier molecular flexibility index (Phi) is 6.84. The number of amides is 1. The smallest absolute Gasteiger partial charge is 0.254 e. The third kappa shape index (κ3) is 4.76. The number of rotatable bonds is 6. The minimum Gasteiger partial charge on any atom is -0.497 e. The fraction of sp³-hybridized carbons (Fsp3) is 0.241. The summed E-state index contributed by atoms with van der Waals surface area (Å²) in [6.07, 6.45) is 1.02. The number of ketones is 1. The van der Waals surface area contributed by atoms with E-state index in [0.717, 1.165) is 5.70 Å². The van der Waals surface area contributed by atoms with Crippen LogP contribution in [-0.4, -0.2) is 25.9 Å². The Labute approximate surface area is 218 Å². The number of methoxy groups -OCH3 is 2. The zero-order chi connectivity index (χ0) is 26.1. The Morgan fingerprint density at radius 3 is 2.54 bits per heavy atom. The van der Waals surface area contributed by atoms with Crippen molar-refractivity contribution in [2.75, 3.05) is 19.5 Å². The largest absolute Gasteiger partial charge is 0.497 e. The highest BCUT2D eigenvalue weighted by atomic mass is 32.1. The molecule has 2 atom stereocenters. The summed E-state index contributed by atoms with van der Waals surface area (Å²) < 4.78 is 24.6. The van der Waals surface area contributed by atoms with Gasteiger partial charge in [-0.05, 0) is 67.3 Å². The molecule has 0 saturated heterocycles. The van der Waals surface area contributed by atoms with Gasteiger partial charge in [-0.25, -0.2) is 4.39 Å². The van der Waals surface area contributed by atoms with Crippen molar-refractivity contribution >= 4 is 28.7 Å². The van der Waals surface area contributed by atoms with Crippen LogP contribution in [0.3, 0.4) is 0 Å². The van der Waals surface area contributed by atoms with Crippen molar-refractivity contribution in [2.45, 2.75) is 31.6 Å². The van der Waals surface area contributed by atoms with Crippen LogP contribution >= 0.6 is 11.3 Å². The van der Waals surface area contributed by atoms with Crippen molar-refractivity contribution in [1.29, 1.82) is 0 Å². The number of Topliss-reactive ketones (excluding diaryl/α,β-unsaturated/α-hetero) is 1. The third-order valence-corrected chi connectivity index (χ3v) is 7.90. The number of hydrogen-bond acceptors (Lipinski definition) is 6. The molecule has 1 aromatic heterocycles. The summed E-state index contributed by atoms with van der Waals surface area (Å²) in [5.74, 6) is -0.241. The molecule has 0 radical (unpaired) electrons. The van der Waals surface area contributed by atoms with Crippen LogP contribution in [0.15, 0.2) is 82.5 Å². The average Bonchev–Trinajstić information content (AvgIpc) is 3.44. The van der Waals surface area contributed by atoms with Crippen molar-refractivity contribution < 1.29 is 23.5 Å². The van der Waals surface area contributed by atoms with E-state index in [1.165, 1.54) is 29.1 Å². The van der Waals surface area contributed by atoms with Crippen LogP contribution in [0.5, 0.6) is 11.5 Å². The maximum Gasteiger partial charge on any atom is 0.254 e. The first kappa shape index (κ1) is 24.8. The van der Waals surface area contributed by atoms with E-state index in [2.05, 4.69) is 16.7 Å². The van der Waals surface area contributed by atoms with Gasteiger partial charge in [0.1, 0.15) is 17.3 Å². The summed E-state index contributed by atoms with van der Waals surface area (Å²) in [5, 5.41) is 8.27. The maximum atomic E-state index is 13.8. The first-order chi connectivity index (χ1) is 17.9. The van der Waals surface area contributed by atoms with Crippen molar-refractivity contribution in [3.8, 4) is 11.5 Å². The molecule has 2 aliphatic rings. The fourth-order valence-electron chi connectivity index (χ4n) is 5.17. The summed E-state index contributed by atoms with van der Waals surface area (Å²) in [7, 11) is 3.13. The van der Waals surface area contributed by atoms with Gasteiger partial charge in [-0.2, -0.15) is 0 Å². The normalized spacial score (nSPS) is 19.3. The highest BCUT2D eigenvalue weighted by Gasteiger charge is 2.42. The molecule has 8 heteroatoms. The number of carbonyl (C=O) groups is 2. The first-order valence-corrected chi connectivity index (χ1v) is 12.8. The van der Waals surface area contributed by atoms with Crippen LogP contribution in [-0.2, 0) is 9.59 Å². The fourth-order valence-corrected chi connectivity index (χ4v) is 6.00. The van der Waals surface area contributed by atoms with E-state index in [1.807, 2.05) is 24.4 Å². The molecule has 6 nitrogen and oxygen atoms in total. The molecule has 1 aliphatic heterocycles. The molecule has 0 spiro atoms.